The Labute approximate surface area is 89.7 Å². The average molecular weight is 212 g/mol. The molecule has 4 heteroatoms. The van der Waals surface area contributed by atoms with Gasteiger partial charge in [-0.3, -0.25) is 0 Å². The van der Waals surface area contributed by atoms with Crippen LogP contribution in [0.4, 0.5) is 0 Å². The molecule has 1 rings (SSSR count). The van der Waals surface area contributed by atoms with Gasteiger partial charge in [0.15, 0.2) is 6.79 Å². The molecule has 4 nitrogen and oxygen atoms in total. The smallest absolute Gasteiger partial charge is 0.189 e. The maximum Gasteiger partial charge on any atom is 0.189 e. The van der Waals surface area contributed by atoms with Crippen molar-refractivity contribution in [1.82, 2.24) is 0 Å². The van der Waals surface area contributed by atoms with Crippen LogP contribution in [0, 0.1) is 0 Å². The minimum Gasteiger partial charge on any atom is -0.497 e. The summed E-state index contributed by atoms with van der Waals surface area (Å²) in [6, 6.07) is 7.38. The molecule has 0 aliphatic heterocycles. The summed E-state index contributed by atoms with van der Waals surface area (Å²) in [5.74, 6) is 1.50. The van der Waals surface area contributed by atoms with E-state index in [4.69, 9.17) is 18.9 Å². The molecule has 0 amide bonds. The molecule has 0 saturated carbocycles. The van der Waals surface area contributed by atoms with Gasteiger partial charge in [-0.2, -0.15) is 0 Å². The van der Waals surface area contributed by atoms with E-state index in [-0.39, 0.29) is 6.79 Å². The fraction of sp³-hybridized carbons (Fsp3) is 0.455. The van der Waals surface area contributed by atoms with Crippen molar-refractivity contribution in [2.75, 3.05) is 34.2 Å². The van der Waals surface area contributed by atoms with E-state index in [0.29, 0.717) is 13.2 Å². The van der Waals surface area contributed by atoms with E-state index < -0.39 is 0 Å². The monoisotopic (exact) mass is 212 g/mol. The quantitative estimate of drug-likeness (QED) is 0.509. The third-order valence-electron chi connectivity index (χ3n) is 1.78. The lowest BCUT2D eigenvalue weighted by Crippen LogP contribution is -2.07. The molecule has 0 heterocycles. The van der Waals surface area contributed by atoms with Gasteiger partial charge >= 0.3 is 0 Å². The van der Waals surface area contributed by atoms with Crippen LogP contribution in [0.25, 0.3) is 0 Å². The van der Waals surface area contributed by atoms with E-state index in [0.717, 1.165) is 11.5 Å². The predicted octanol–water partition coefficient (Wildman–Crippen LogP) is 1.69. The fourth-order valence-corrected chi connectivity index (χ4v) is 1.00. The molecule has 1 aromatic rings. The number of ether oxygens (including phenoxy) is 4. The number of rotatable bonds is 7. The third kappa shape index (κ3) is 4.67. The summed E-state index contributed by atoms with van der Waals surface area (Å²) in [6.07, 6.45) is 0. The second-order valence-electron chi connectivity index (χ2n) is 2.84. The van der Waals surface area contributed by atoms with Gasteiger partial charge in [0.25, 0.3) is 0 Å². The summed E-state index contributed by atoms with van der Waals surface area (Å²) in [7, 11) is 3.25. The topological polar surface area (TPSA) is 36.9 Å². The summed E-state index contributed by atoms with van der Waals surface area (Å²) in [5.41, 5.74) is 0. The van der Waals surface area contributed by atoms with Crippen molar-refractivity contribution in [2.24, 2.45) is 0 Å². The van der Waals surface area contributed by atoms with Crippen LogP contribution in [0.3, 0.4) is 0 Å². The van der Waals surface area contributed by atoms with Crippen LogP contribution >= 0.6 is 0 Å². The first kappa shape index (κ1) is 11.8. The Morgan fingerprint density at radius 3 is 2.60 bits per heavy atom. The number of hydrogen-bond acceptors (Lipinski definition) is 4. The number of benzene rings is 1. The summed E-state index contributed by atoms with van der Waals surface area (Å²) in [5, 5.41) is 0. The van der Waals surface area contributed by atoms with Gasteiger partial charge in [-0.25, -0.2) is 0 Å². The fourth-order valence-electron chi connectivity index (χ4n) is 1.00. The van der Waals surface area contributed by atoms with Crippen LogP contribution in [0.15, 0.2) is 24.3 Å². The molecular formula is C11H16O4. The van der Waals surface area contributed by atoms with E-state index in [1.165, 1.54) is 0 Å². The molecule has 0 bridgehead atoms. The minimum absolute atomic E-state index is 0.219. The Morgan fingerprint density at radius 2 is 1.87 bits per heavy atom. The molecule has 84 valence electrons. The Bertz CT molecular complexity index is 275. The van der Waals surface area contributed by atoms with Crippen LogP contribution in [-0.4, -0.2) is 34.2 Å². The van der Waals surface area contributed by atoms with Gasteiger partial charge in [-0.15, -0.1) is 0 Å². The summed E-state index contributed by atoms with van der Waals surface area (Å²) in [4.78, 5) is 0. The molecule has 0 atom stereocenters. The van der Waals surface area contributed by atoms with Gasteiger partial charge in [0.05, 0.1) is 20.3 Å². The van der Waals surface area contributed by atoms with Crippen LogP contribution in [-0.2, 0) is 9.47 Å². The summed E-state index contributed by atoms with van der Waals surface area (Å²) < 4.78 is 20.4. The molecule has 0 aromatic heterocycles. The number of hydrogen-bond donors (Lipinski definition) is 0. The maximum atomic E-state index is 5.34. The van der Waals surface area contributed by atoms with Crippen LogP contribution in [0.5, 0.6) is 11.5 Å². The Morgan fingerprint density at radius 1 is 1.07 bits per heavy atom. The Kier molecular flexibility index (Phi) is 5.58. The molecule has 15 heavy (non-hydrogen) atoms. The molecule has 0 unspecified atom stereocenters. The van der Waals surface area contributed by atoms with Crippen molar-refractivity contribution < 1.29 is 18.9 Å². The third-order valence-corrected chi connectivity index (χ3v) is 1.78. The van der Waals surface area contributed by atoms with Crippen LogP contribution in [0.1, 0.15) is 0 Å². The van der Waals surface area contributed by atoms with Crippen molar-refractivity contribution >= 4 is 0 Å². The standard InChI is InChI=1S/C11H16O4/c1-12-6-7-14-9-15-11-5-3-4-10(8-11)13-2/h3-5,8H,6-7,9H2,1-2H3. The van der Waals surface area contributed by atoms with Crippen molar-refractivity contribution in [3.8, 4) is 11.5 Å². The molecule has 0 fully saturated rings. The highest BCUT2D eigenvalue weighted by Crippen LogP contribution is 2.18. The SMILES string of the molecule is COCCOCOc1cccc(OC)c1. The van der Waals surface area contributed by atoms with E-state index in [1.807, 2.05) is 18.2 Å². The highest BCUT2D eigenvalue weighted by Gasteiger charge is 1.95. The van der Waals surface area contributed by atoms with Crippen molar-refractivity contribution in [3.63, 3.8) is 0 Å². The van der Waals surface area contributed by atoms with Crippen molar-refractivity contribution in [3.05, 3.63) is 24.3 Å². The molecule has 0 aliphatic carbocycles. The number of methoxy groups -OCH3 is 2. The molecule has 0 saturated heterocycles. The first-order valence-corrected chi connectivity index (χ1v) is 4.70. The van der Waals surface area contributed by atoms with Gasteiger partial charge in [-0.1, -0.05) is 6.07 Å². The Balaban J connectivity index is 2.24. The van der Waals surface area contributed by atoms with E-state index in [1.54, 1.807) is 20.3 Å². The molecule has 0 N–H and O–H groups in total. The minimum atomic E-state index is 0.219. The lowest BCUT2D eigenvalue weighted by molar-refractivity contribution is -0.00853. The molecule has 0 spiro atoms. The highest BCUT2D eigenvalue weighted by atomic mass is 16.7. The Hall–Kier alpha value is -1.26. The second-order valence-corrected chi connectivity index (χ2v) is 2.84. The van der Waals surface area contributed by atoms with Crippen LogP contribution in [0.2, 0.25) is 0 Å². The van der Waals surface area contributed by atoms with Crippen molar-refractivity contribution in [2.45, 2.75) is 0 Å². The largest absolute Gasteiger partial charge is 0.497 e. The van der Waals surface area contributed by atoms with Gasteiger partial charge in [-0.05, 0) is 12.1 Å². The normalized spacial score (nSPS) is 10.0. The molecule has 1 aromatic carbocycles. The average Bonchev–Trinajstić information content (AvgIpc) is 2.29. The van der Waals surface area contributed by atoms with Gasteiger partial charge in [0.2, 0.25) is 0 Å². The van der Waals surface area contributed by atoms with Gasteiger partial charge < -0.3 is 18.9 Å². The lowest BCUT2D eigenvalue weighted by Gasteiger charge is -2.07. The van der Waals surface area contributed by atoms with Gasteiger partial charge in [0.1, 0.15) is 11.5 Å². The van der Waals surface area contributed by atoms with E-state index in [9.17, 15) is 0 Å². The zero-order valence-corrected chi connectivity index (χ0v) is 9.06. The zero-order chi connectivity index (χ0) is 10.9. The maximum absolute atomic E-state index is 5.34. The first-order valence-electron chi connectivity index (χ1n) is 4.70. The van der Waals surface area contributed by atoms with Crippen molar-refractivity contribution in [1.29, 1.82) is 0 Å². The zero-order valence-electron chi connectivity index (χ0n) is 9.06. The molecular weight excluding hydrogens is 196 g/mol. The van der Waals surface area contributed by atoms with E-state index >= 15 is 0 Å². The molecule has 0 radical (unpaired) electrons. The highest BCUT2D eigenvalue weighted by molar-refractivity contribution is 5.32. The second kappa shape index (κ2) is 7.09. The first-order chi connectivity index (χ1) is 7.36. The van der Waals surface area contributed by atoms with Crippen LogP contribution < -0.4 is 9.47 Å². The van der Waals surface area contributed by atoms with Gasteiger partial charge in [0, 0.05) is 13.2 Å². The summed E-state index contributed by atoms with van der Waals surface area (Å²) in [6.45, 7) is 1.32. The molecule has 0 aliphatic rings. The predicted molar refractivity (Wildman–Crippen MR) is 56.3 cm³/mol. The van der Waals surface area contributed by atoms with E-state index in [2.05, 4.69) is 0 Å². The lowest BCUT2D eigenvalue weighted by atomic mass is 10.3. The summed E-state index contributed by atoms with van der Waals surface area (Å²) >= 11 is 0.